The Hall–Kier alpha value is -1.47. The summed E-state index contributed by atoms with van der Waals surface area (Å²) in [6.45, 7) is 5.39. The van der Waals surface area contributed by atoms with Crippen molar-refractivity contribution in [1.82, 2.24) is 4.90 Å². The van der Waals surface area contributed by atoms with Crippen LogP contribution in [0.15, 0.2) is 30.3 Å². The second kappa shape index (κ2) is 6.20. The van der Waals surface area contributed by atoms with Crippen LogP contribution in [-0.2, 0) is 25.6 Å². The molecule has 0 bridgehead atoms. The normalized spacial score (nSPS) is 32.1. The molecule has 2 fully saturated rings. The first-order valence-electron chi connectivity index (χ1n) is 7.83. The highest BCUT2D eigenvalue weighted by molar-refractivity contribution is 5.75. The number of carbonyl (C=O) groups is 1. The van der Waals surface area contributed by atoms with Crippen LogP contribution in [-0.4, -0.2) is 52.8 Å². The molecule has 0 aromatic heterocycles. The molecule has 0 spiro atoms. The van der Waals surface area contributed by atoms with E-state index < -0.39 is 24.2 Å². The molecule has 1 aromatic carbocycles. The summed E-state index contributed by atoms with van der Waals surface area (Å²) in [5.41, 5.74) is 0.285. The molecule has 1 amide bonds. The van der Waals surface area contributed by atoms with E-state index in [4.69, 9.17) is 14.2 Å². The Bertz CT molecular complexity index is 561. The molecule has 1 aromatic rings. The van der Waals surface area contributed by atoms with Crippen LogP contribution in [0.4, 0.5) is 0 Å². The Balaban J connectivity index is 1.76. The topological polar surface area (TPSA) is 68.2 Å². The standard InChI is InChI=1S/C17H23NO5/c1-11(20)18-14-13(9-19)22-16(15(14)23-17(18,2)3)21-10-12-7-5-4-6-8-12/h4-8,13-16,19H,9-10H2,1-3H3/t13-,14-,15-,16+/m1/s1. The number of carbonyl (C=O) groups excluding carboxylic acids is 1. The summed E-state index contributed by atoms with van der Waals surface area (Å²) < 4.78 is 17.7. The zero-order valence-electron chi connectivity index (χ0n) is 13.6. The Morgan fingerprint density at radius 3 is 2.65 bits per heavy atom. The van der Waals surface area contributed by atoms with Crippen molar-refractivity contribution < 1.29 is 24.1 Å². The number of fused-ring (bicyclic) bond motifs is 1. The van der Waals surface area contributed by atoms with Crippen molar-refractivity contribution in [3.63, 3.8) is 0 Å². The van der Waals surface area contributed by atoms with Gasteiger partial charge in [-0.05, 0) is 19.4 Å². The van der Waals surface area contributed by atoms with Gasteiger partial charge in [-0.1, -0.05) is 30.3 Å². The molecule has 2 aliphatic heterocycles. The number of aliphatic hydroxyl groups is 1. The number of ether oxygens (including phenoxy) is 3. The molecule has 0 radical (unpaired) electrons. The van der Waals surface area contributed by atoms with E-state index in [2.05, 4.69) is 0 Å². The first-order valence-corrected chi connectivity index (χ1v) is 7.83. The van der Waals surface area contributed by atoms with E-state index in [1.54, 1.807) is 4.90 Å². The first kappa shape index (κ1) is 16.4. The summed E-state index contributed by atoms with van der Waals surface area (Å²) in [4.78, 5) is 13.7. The summed E-state index contributed by atoms with van der Waals surface area (Å²) >= 11 is 0. The molecule has 23 heavy (non-hydrogen) atoms. The minimum Gasteiger partial charge on any atom is -0.394 e. The van der Waals surface area contributed by atoms with Gasteiger partial charge >= 0.3 is 0 Å². The quantitative estimate of drug-likeness (QED) is 0.904. The van der Waals surface area contributed by atoms with Crippen molar-refractivity contribution in [1.29, 1.82) is 0 Å². The summed E-state index contributed by atoms with van der Waals surface area (Å²) in [7, 11) is 0. The van der Waals surface area contributed by atoms with E-state index in [0.29, 0.717) is 6.61 Å². The van der Waals surface area contributed by atoms with Crippen molar-refractivity contribution >= 4 is 5.91 Å². The highest BCUT2D eigenvalue weighted by Gasteiger charge is 2.59. The minimum atomic E-state index is -0.743. The lowest BCUT2D eigenvalue weighted by Crippen LogP contribution is -2.51. The molecule has 126 valence electrons. The number of nitrogens with zero attached hydrogens (tertiary/aromatic N) is 1. The third-order valence-corrected chi connectivity index (χ3v) is 4.37. The second-order valence-corrected chi connectivity index (χ2v) is 6.43. The monoisotopic (exact) mass is 321 g/mol. The number of hydrogen-bond donors (Lipinski definition) is 1. The third-order valence-electron chi connectivity index (χ3n) is 4.37. The minimum absolute atomic E-state index is 0.103. The zero-order valence-corrected chi connectivity index (χ0v) is 13.6. The van der Waals surface area contributed by atoms with Gasteiger partial charge in [-0.25, -0.2) is 0 Å². The van der Waals surface area contributed by atoms with Gasteiger partial charge in [0, 0.05) is 6.92 Å². The molecule has 3 rings (SSSR count). The van der Waals surface area contributed by atoms with E-state index >= 15 is 0 Å². The van der Waals surface area contributed by atoms with Crippen LogP contribution in [0.1, 0.15) is 26.3 Å². The van der Waals surface area contributed by atoms with Crippen LogP contribution < -0.4 is 0 Å². The van der Waals surface area contributed by atoms with Crippen LogP contribution >= 0.6 is 0 Å². The maximum Gasteiger partial charge on any atom is 0.222 e. The Morgan fingerprint density at radius 1 is 1.35 bits per heavy atom. The molecule has 2 heterocycles. The lowest BCUT2D eigenvalue weighted by Gasteiger charge is -2.34. The van der Waals surface area contributed by atoms with Crippen LogP contribution in [0.5, 0.6) is 0 Å². The summed E-state index contributed by atoms with van der Waals surface area (Å²) in [6.07, 6.45) is -1.53. The predicted octanol–water partition coefficient (Wildman–Crippen LogP) is 1.27. The van der Waals surface area contributed by atoms with Crippen LogP contribution in [0.25, 0.3) is 0 Å². The molecule has 6 nitrogen and oxygen atoms in total. The smallest absolute Gasteiger partial charge is 0.222 e. The van der Waals surface area contributed by atoms with Crippen molar-refractivity contribution in [2.45, 2.75) is 57.6 Å². The fourth-order valence-corrected chi connectivity index (χ4v) is 3.52. The molecule has 4 atom stereocenters. The van der Waals surface area contributed by atoms with Gasteiger partial charge in [-0.3, -0.25) is 4.79 Å². The number of benzene rings is 1. The fourth-order valence-electron chi connectivity index (χ4n) is 3.52. The molecule has 2 saturated heterocycles. The fraction of sp³-hybridized carbons (Fsp3) is 0.588. The van der Waals surface area contributed by atoms with Gasteiger partial charge in [0.2, 0.25) is 5.91 Å². The Kier molecular flexibility index (Phi) is 4.42. The highest BCUT2D eigenvalue weighted by Crippen LogP contribution is 2.41. The van der Waals surface area contributed by atoms with Gasteiger partial charge in [-0.15, -0.1) is 0 Å². The zero-order chi connectivity index (χ0) is 16.6. The number of hydrogen-bond acceptors (Lipinski definition) is 5. The first-order chi connectivity index (χ1) is 10.9. The lowest BCUT2D eigenvalue weighted by atomic mass is 10.1. The van der Waals surface area contributed by atoms with Gasteiger partial charge in [0.25, 0.3) is 0 Å². The van der Waals surface area contributed by atoms with Gasteiger partial charge in [0.05, 0.1) is 19.3 Å². The number of aliphatic hydroxyl groups excluding tert-OH is 1. The molecule has 0 aliphatic carbocycles. The van der Waals surface area contributed by atoms with Crippen molar-refractivity contribution in [3.8, 4) is 0 Å². The van der Waals surface area contributed by atoms with Crippen LogP contribution in [0.2, 0.25) is 0 Å². The SMILES string of the molecule is CC(=O)N1[C@H]2[C@@H](OC1(C)C)[C@@H](OCc1ccccc1)O[C@@H]2CO. The molecule has 2 aliphatic rings. The average molecular weight is 321 g/mol. The van der Waals surface area contributed by atoms with E-state index in [0.717, 1.165) is 5.56 Å². The van der Waals surface area contributed by atoms with Crippen LogP contribution in [0.3, 0.4) is 0 Å². The summed E-state index contributed by atoms with van der Waals surface area (Å²) in [5, 5.41) is 9.61. The Morgan fingerprint density at radius 2 is 2.04 bits per heavy atom. The van der Waals surface area contributed by atoms with Crippen LogP contribution in [0, 0.1) is 0 Å². The predicted molar refractivity (Wildman–Crippen MR) is 82.2 cm³/mol. The van der Waals surface area contributed by atoms with Gasteiger partial charge < -0.3 is 24.2 Å². The number of rotatable bonds is 4. The third kappa shape index (κ3) is 2.99. The van der Waals surface area contributed by atoms with Crippen molar-refractivity contribution in [3.05, 3.63) is 35.9 Å². The molecule has 1 N–H and O–H groups in total. The molecule has 0 saturated carbocycles. The molecule has 0 unspecified atom stereocenters. The molecular weight excluding hydrogens is 298 g/mol. The maximum absolute atomic E-state index is 12.0. The van der Waals surface area contributed by atoms with E-state index in [1.807, 2.05) is 44.2 Å². The van der Waals surface area contributed by atoms with Crippen molar-refractivity contribution in [2.75, 3.05) is 6.61 Å². The van der Waals surface area contributed by atoms with Gasteiger partial charge in [-0.2, -0.15) is 0 Å². The van der Waals surface area contributed by atoms with E-state index in [9.17, 15) is 9.90 Å². The van der Waals surface area contributed by atoms with Gasteiger partial charge in [0.15, 0.2) is 6.29 Å². The molecular formula is C17H23NO5. The molecule has 6 heteroatoms. The highest BCUT2D eigenvalue weighted by atomic mass is 16.7. The second-order valence-electron chi connectivity index (χ2n) is 6.43. The number of amides is 1. The summed E-state index contributed by atoms with van der Waals surface area (Å²) in [5.74, 6) is -0.103. The average Bonchev–Trinajstić information content (AvgIpc) is 2.97. The van der Waals surface area contributed by atoms with E-state index in [-0.39, 0.29) is 18.6 Å². The lowest BCUT2D eigenvalue weighted by molar-refractivity contribution is -0.215. The summed E-state index contributed by atoms with van der Waals surface area (Å²) in [6, 6.07) is 9.43. The van der Waals surface area contributed by atoms with Gasteiger partial charge in [0.1, 0.15) is 17.9 Å². The maximum atomic E-state index is 12.0. The van der Waals surface area contributed by atoms with E-state index in [1.165, 1.54) is 6.92 Å². The largest absolute Gasteiger partial charge is 0.394 e. The Labute approximate surface area is 135 Å². The van der Waals surface area contributed by atoms with Crippen molar-refractivity contribution in [2.24, 2.45) is 0 Å².